The molecule has 336 valence electrons. The van der Waals surface area contributed by atoms with Gasteiger partial charge < -0.3 is 4.74 Å². The monoisotopic (exact) mass is 881 g/mol. The summed E-state index contributed by atoms with van der Waals surface area (Å²) in [5.74, 6) is -2.18. The molecule has 0 saturated carbocycles. The van der Waals surface area contributed by atoms with E-state index in [0.717, 1.165) is 113 Å². The smallest absolute Gasteiger partial charge is 0.313 e. The minimum atomic E-state index is -0.590. The molecule has 7 aromatic carbocycles. The normalized spacial score (nSPS) is 18.4. The van der Waals surface area contributed by atoms with E-state index in [0.29, 0.717) is 33.0 Å². The fraction of sp³-hybridized carbons (Fsp3) is 0.339. The maximum atomic E-state index is 14.6. The molecule has 1 saturated heterocycles. The Morgan fingerprint density at radius 1 is 0.591 bits per heavy atom. The van der Waals surface area contributed by atoms with Gasteiger partial charge in [-0.25, -0.2) is 5.06 Å². The van der Waals surface area contributed by atoms with E-state index in [2.05, 4.69) is 13.8 Å². The number of esters is 1. The summed E-state index contributed by atoms with van der Waals surface area (Å²) in [6.45, 7) is 6.28. The molecule has 3 heterocycles. The number of rotatable bonds is 16. The number of nitrogens with zero attached hydrogens (tertiary/aromatic N) is 3. The number of methoxy groups -OCH3 is 1. The van der Waals surface area contributed by atoms with Crippen molar-refractivity contribution in [2.24, 2.45) is 5.92 Å². The molecule has 0 aliphatic carbocycles. The highest BCUT2D eigenvalue weighted by Crippen LogP contribution is 2.47. The lowest BCUT2D eigenvalue weighted by Crippen LogP contribution is -2.47. The number of anilines is 1. The van der Waals surface area contributed by atoms with Gasteiger partial charge >= 0.3 is 5.97 Å². The Balaban J connectivity index is 0.977. The van der Waals surface area contributed by atoms with Crippen molar-refractivity contribution in [3.05, 3.63) is 137 Å². The maximum absolute atomic E-state index is 14.6. The van der Waals surface area contributed by atoms with Crippen molar-refractivity contribution in [2.45, 2.75) is 110 Å². The van der Waals surface area contributed by atoms with E-state index in [1.807, 2.05) is 110 Å². The van der Waals surface area contributed by atoms with Crippen molar-refractivity contribution >= 4 is 78.4 Å². The van der Waals surface area contributed by atoms with Crippen LogP contribution in [-0.4, -0.2) is 58.7 Å². The minimum Gasteiger partial charge on any atom is -0.469 e. The SMILES string of the molecule is CCCCCCC(CCCCCC)N1C(=O)c2ccc3c4ccc5c6c(ccc(c7ccc(c2c37)C1=O)c64)C(=O)N(Cc1ccc(C2[C@@H](C(=O)OC)C(C)ON2c2ccccc2)cc1)C5=O. The first-order valence-corrected chi connectivity index (χ1v) is 23.8. The highest BCUT2D eigenvalue weighted by molar-refractivity contribution is 6.41. The molecule has 0 spiro atoms. The second kappa shape index (κ2) is 17.6. The zero-order valence-corrected chi connectivity index (χ0v) is 38.1. The van der Waals surface area contributed by atoms with E-state index >= 15 is 0 Å². The number of fused-ring (bicyclic) bond motifs is 2. The minimum absolute atomic E-state index is 0.0495. The highest BCUT2D eigenvalue weighted by Gasteiger charge is 2.47. The van der Waals surface area contributed by atoms with Crippen LogP contribution < -0.4 is 5.06 Å². The van der Waals surface area contributed by atoms with Gasteiger partial charge in [0, 0.05) is 39.1 Å². The number of benzene rings is 7. The lowest BCUT2D eigenvalue weighted by molar-refractivity contribution is -0.147. The molecular weight excluding hydrogens is 827 g/mol. The number of para-hydroxylation sites is 1. The van der Waals surface area contributed by atoms with Crippen LogP contribution in [0.2, 0.25) is 0 Å². The third-order valence-corrected chi connectivity index (χ3v) is 14.4. The molecule has 3 aliphatic rings. The van der Waals surface area contributed by atoms with Crippen molar-refractivity contribution < 1.29 is 33.5 Å². The summed E-state index contributed by atoms with van der Waals surface area (Å²) in [5, 5.41) is 8.18. The third-order valence-electron chi connectivity index (χ3n) is 14.4. The molecule has 0 N–H and O–H groups in total. The standard InChI is InChI=1S/C56H55N3O7/c1-5-7-9-12-16-36(17-13-10-8-6-2)58-54(62)44-30-26-40-38-24-28-42-49-43(29-25-39(47(38)49)41-27-31-45(55(58)63)50(44)48(40)41)53(61)57(52(42)60)32-34-20-22-35(23-21-34)51-46(56(64)65-4)33(3)66-59(51)37-18-14-11-15-19-37/h11,14-15,18-31,33,36,46,51H,5-10,12-13,16-17,32H2,1-4H3/t33?,46-,51?/m0/s1. The number of carbonyl (C=O) groups excluding carboxylic acids is 5. The van der Waals surface area contributed by atoms with Crippen molar-refractivity contribution in [1.29, 1.82) is 0 Å². The molecule has 10 rings (SSSR count). The van der Waals surface area contributed by atoms with Crippen molar-refractivity contribution in [1.82, 2.24) is 9.80 Å². The molecule has 2 unspecified atom stereocenters. The van der Waals surface area contributed by atoms with Gasteiger partial charge in [0.05, 0.1) is 31.5 Å². The van der Waals surface area contributed by atoms with E-state index in [1.165, 1.54) is 12.0 Å². The van der Waals surface area contributed by atoms with Crippen LogP contribution in [0.1, 0.15) is 144 Å². The van der Waals surface area contributed by atoms with Crippen molar-refractivity contribution in [2.75, 3.05) is 12.2 Å². The average molecular weight is 882 g/mol. The quantitative estimate of drug-likeness (QED) is 0.0310. The van der Waals surface area contributed by atoms with Crippen LogP contribution >= 0.6 is 0 Å². The summed E-state index contributed by atoms with van der Waals surface area (Å²) < 4.78 is 5.21. The Labute approximate surface area is 384 Å². The molecule has 0 bridgehead atoms. The number of imide groups is 2. The molecule has 3 aliphatic heterocycles. The molecule has 10 nitrogen and oxygen atoms in total. The fourth-order valence-corrected chi connectivity index (χ4v) is 11.1. The van der Waals surface area contributed by atoms with E-state index in [-0.39, 0.29) is 42.2 Å². The van der Waals surface area contributed by atoms with Gasteiger partial charge in [0.1, 0.15) is 5.92 Å². The third kappa shape index (κ3) is 6.99. The van der Waals surface area contributed by atoms with Crippen LogP contribution in [0.3, 0.4) is 0 Å². The second-order valence-corrected chi connectivity index (χ2v) is 18.4. The van der Waals surface area contributed by atoms with E-state index in [9.17, 15) is 24.0 Å². The summed E-state index contributed by atoms with van der Waals surface area (Å²) in [7, 11) is 1.38. The Hall–Kier alpha value is -6.65. The molecule has 0 aromatic heterocycles. The first kappa shape index (κ1) is 43.3. The topological polar surface area (TPSA) is 114 Å². The molecule has 0 radical (unpaired) electrons. The lowest BCUT2D eigenvalue weighted by Gasteiger charge is -2.35. The number of unbranched alkanes of at least 4 members (excludes halogenated alkanes) is 6. The zero-order chi connectivity index (χ0) is 45.8. The van der Waals surface area contributed by atoms with Gasteiger partial charge in [0.15, 0.2) is 0 Å². The van der Waals surface area contributed by atoms with Crippen LogP contribution in [0.15, 0.2) is 103 Å². The Bertz CT molecular complexity index is 2920. The molecule has 7 aromatic rings. The number of hydroxylamine groups is 1. The summed E-state index contributed by atoms with van der Waals surface area (Å²) in [6.07, 6.45) is 9.83. The second-order valence-electron chi connectivity index (χ2n) is 18.4. The van der Waals surface area contributed by atoms with Gasteiger partial charge in [-0.2, -0.15) is 0 Å². The first-order chi connectivity index (χ1) is 32.2. The fourth-order valence-electron chi connectivity index (χ4n) is 11.1. The van der Waals surface area contributed by atoms with Gasteiger partial charge in [-0.3, -0.25) is 38.6 Å². The molecule has 66 heavy (non-hydrogen) atoms. The Morgan fingerprint density at radius 3 is 1.55 bits per heavy atom. The van der Waals surface area contributed by atoms with E-state index in [1.54, 1.807) is 9.96 Å². The number of ether oxygens (including phenoxy) is 1. The van der Waals surface area contributed by atoms with Crippen molar-refractivity contribution in [3.8, 4) is 0 Å². The summed E-state index contributed by atoms with van der Waals surface area (Å²) in [6, 6.07) is 31.8. The maximum Gasteiger partial charge on any atom is 0.313 e. The highest BCUT2D eigenvalue weighted by atomic mass is 16.7. The van der Waals surface area contributed by atoms with Gasteiger partial charge in [-0.1, -0.05) is 132 Å². The molecule has 3 atom stereocenters. The number of carbonyl (C=O) groups is 5. The summed E-state index contributed by atoms with van der Waals surface area (Å²) in [4.78, 5) is 80.3. The number of hydrogen-bond acceptors (Lipinski definition) is 8. The molecule has 4 amide bonds. The Kier molecular flexibility index (Phi) is 11.6. The van der Waals surface area contributed by atoms with Gasteiger partial charge in [-0.05, 0) is 99.6 Å². The van der Waals surface area contributed by atoms with E-state index in [4.69, 9.17) is 9.57 Å². The van der Waals surface area contributed by atoms with Gasteiger partial charge in [-0.15, -0.1) is 0 Å². The predicted molar refractivity (Wildman–Crippen MR) is 258 cm³/mol. The predicted octanol–water partition coefficient (Wildman–Crippen LogP) is 12.1. The Morgan fingerprint density at radius 2 is 1.08 bits per heavy atom. The van der Waals surface area contributed by atoms with Crippen molar-refractivity contribution in [3.63, 3.8) is 0 Å². The van der Waals surface area contributed by atoms with Gasteiger partial charge in [0.25, 0.3) is 23.6 Å². The summed E-state index contributed by atoms with van der Waals surface area (Å²) in [5.41, 5.74) is 4.35. The van der Waals surface area contributed by atoms with Crippen LogP contribution in [0.5, 0.6) is 0 Å². The van der Waals surface area contributed by atoms with Gasteiger partial charge in [0.2, 0.25) is 0 Å². The molecule has 1 fully saturated rings. The van der Waals surface area contributed by atoms with Crippen LogP contribution in [0.25, 0.3) is 43.1 Å². The van der Waals surface area contributed by atoms with Crippen LogP contribution in [0, 0.1) is 5.92 Å². The first-order valence-electron chi connectivity index (χ1n) is 23.8. The lowest BCUT2D eigenvalue weighted by atomic mass is 9.82. The largest absolute Gasteiger partial charge is 0.469 e. The number of hydrogen-bond donors (Lipinski definition) is 0. The summed E-state index contributed by atoms with van der Waals surface area (Å²) >= 11 is 0. The zero-order valence-electron chi connectivity index (χ0n) is 38.1. The van der Waals surface area contributed by atoms with E-state index < -0.39 is 18.1 Å². The number of amides is 4. The molecular formula is C56H55N3O7. The average Bonchev–Trinajstić information content (AvgIpc) is 3.70. The van der Waals surface area contributed by atoms with Crippen LogP contribution in [0.4, 0.5) is 5.69 Å². The van der Waals surface area contributed by atoms with Crippen LogP contribution in [-0.2, 0) is 20.9 Å². The molecule has 10 heteroatoms.